The molecule has 1 aliphatic heterocycles. The highest BCUT2D eigenvalue weighted by Gasteiger charge is 2.18. The molecule has 1 atom stereocenters. The first kappa shape index (κ1) is 6.81. The highest BCUT2D eigenvalue weighted by Crippen LogP contribution is 2.20. The molecule has 1 unspecified atom stereocenters. The van der Waals surface area contributed by atoms with E-state index in [9.17, 15) is 0 Å². The smallest absolute Gasteiger partial charge is 0.0810 e. The third-order valence-electron chi connectivity index (χ3n) is 1.74. The Bertz CT molecular complexity index is 125. The molecule has 0 aromatic heterocycles. The highest BCUT2D eigenvalue weighted by atomic mass is 16.5. The second-order valence-corrected chi connectivity index (χ2v) is 2.95. The summed E-state index contributed by atoms with van der Waals surface area (Å²) in [5.41, 5.74) is 1.39. The van der Waals surface area contributed by atoms with Crippen molar-refractivity contribution in [2.75, 3.05) is 6.61 Å². The minimum Gasteiger partial charge on any atom is -0.370 e. The largest absolute Gasteiger partial charge is 0.370 e. The summed E-state index contributed by atoms with van der Waals surface area (Å²) in [4.78, 5) is 0. The highest BCUT2D eigenvalue weighted by molar-refractivity contribution is 5.10. The van der Waals surface area contributed by atoms with E-state index in [1.54, 1.807) is 0 Å². The van der Waals surface area contributed by atoms with E-state index in [4.69, 9.17) is 4.74 Å². The molecule has 1 heteroatoms. The minimum absolute atomic E-state index is 0.394. The van der Waals surface area contributed by atoms with E-state index in [0.717, 1.165) is 6.61 Å². The Balaban J connectivity index is 2.53. The van der Waals surface area contributed by atoms with Crippen LogP contribution in [0.4, 0.5) is 0 Å². The van der Waals surface area contributed by atoms with Gasteiger partial charge in [0.05, 0.1) is 12.7 Å². The van der Waals surface area contributed by atoms with Gasteiger partial charge in [0.1, 0.15) is 0 Å². The van der Waals surface area contributed by atoms with E-state index < -0.39 is 0 Å². The molecule has 0 saturated heterocycles. The van der Waals surface area contributed by atoms with E-state index in [-0.39, 0.29) is 0 Å². The summed E-state index contributed by atoms with van der Waals surface area (Å²) in [6, 6.07) is 0. The van der Waals surface area contributed by atoms with Crippen LogP contribution in [0.5, 0.6) is 0 Å². The average molecular weight is 126 g/mol. The first-order chi connectivity index (χ1) is 4.22. The number of ether oxygens (including phenoxy) is 1. The monoisotopic (exact) mass is 126 g/mol. The molecule has 0 aromatic rings. The predicted octanol–water partition coefficient (Wildman–Crippen LogP) is 1.99. The minimum atomic E-state index is 0.394. The lowest BCUT2D eigenvalue weighted by atomic mass is 10.0. The zero-order chi connectivity index (χ0) is 6.85. The lowest BCUT2D eigenvalue weighted by Crippen LogP contribution is -2.15. The molecule has 0 N–H and O–H groups in total. The summed E-state index contributed by atoms with van der Waals surface area (Å²) >= 11 is 0. The number of rotatable bonds is 1. The molecule has 0 spiro atoms. The maximum absolute atomic E-state index is 5.43. The normalized spacial score (nSPS) is 27.1. The lowest BCUT2D eigenvalue weighted by molar-refractivity contribution is 0.0872. The van der Waals surface area contributed by atoms with Crippen molar-refractivity contribution in [2.45, 2.75) is 26.9 Å². The zero-order valence-corrected chi connectivity index (χ0v) is 6.35. The van der Waals surface area contributed by atoms with Crippen LogP contribution >= 0.6 is 0 Å². The molecule has 52 valence electrons. The van der Waals surface area contributed by atoms with Crippen molar-refractivity contribution in [1.29, 1.82) is 0 Å². The zero-order valence-electron chi connectivity index (χ0n) is 6.35. The molecule has 0 aromatic carbocycles. The summed E-state index contributed by atoms with van der Waals surface area (Å²) in [5.74, 6) is 0.628. The molecule has 9 heavy (non-hydrogen) atoms. The summed E-state index contributed by atoms with van der Waals surface area (Å²) in [6.07, 6.45) is 2.55. The SMILES string of the molecule is CC1=CCOC1C(C)C. The van der Waals surface area contributed by atoms with Crippen LogP contribution in [0, 0.1) is 5.92 Å². The predicted molar refractivity (Wildman–Crippen MR) is 38.3 cm³/mol. The van der Waals surface area contributed by atoms with Crippen LogP contribution in [-0.4, -0.2) is 12.7 Å². The Kier molecular flexibility index (Phi) is 1.91. The van der Waals surface area contributed by atoms with Gasteiger partial charge in [-0.2, -0.15) is 0 Å². The number of hydrogen-bond acceptors (Lipinski definition) is 1. The topological polar surface area (TPSA) is 9.23 Å². The molecule has 0 radical (unpaired) electrons. The number of hydrogen-bond donors (Lipinski definition) is 0. The molecule has 1 rings (SSSR count). The van der Waals surface area contributed by atoms with Gasteiger partial charge in [-0.1, -0.05) is 19.9 Å². The summed E-state index contributed by atoms with van der Waals surface area (Å²) < 4.78 is 5.43. The summed E-state index contributed by atoms with van der Waals surface area (Å²) in [5, 5.41) is 0. The Morgan fingerprint density at radius 2 is 2.33 bits per heavy atom. The molecular weight excluding hydrogens is 112 g/mol. The van der Waals surface area contributed by atoms with Crippen molar-refractivity contribution in [1.82, 2.24) is 0 Å². The maximum atomic E-state index is 5.43. The second-order valence-electron chi connectivity index (χ2n) is 2.95. The third kappa shape index (κ3) is 1.33. The van der Waals surface area contributed by atoms with Crippen LogP contribution in [0.3, 0.4) is 0 Å². The van der Waals surface area contributed by atoms with Crippen molar-refractivity contribution in [3.05, 3.63) is 11.6 Å². The van der Waals surface area contributed by atoms with E-state index >= 15 is 0 Å². The fraction of sp³-hybridized carbons (Fsp3) is 0.750. The molecule has 1 aliphatic rings. The molecule has 0 amide bonds. The van der Waals surface area contributed by atoms with Crippen LogP contribution in [0.15, 0.2) is 11.6 Å². The van der Waals surface area contributed by atoms with E-state index in [0.29, 0.717) is 12.0 Å². The molecular formula is C8H14O. The van der Waals surface area contributed by atoms with Gasteiger partial charge in [-0.25, -0.2) is 0 Å². The third-order valence-corrected chi connectivity index (χ3v) is 1.74. The first-order valence-electron chi connectivity index (χ1n) is 3.50. The Hall–Kier alpha value is -0.300. The van der Waals surface area contributed by atoms with Crippen LogP contribution in [0.1, 0.15) is 20.8 Å². The second kappa shape index (κ2) is 2.53. The maximum Gasteiger partial charge on any atom is 0.0810 e. The molecule has 1 heterocycles. The van der Waals surface area contributed by atoms with Crippen LogP contribution < -0.4 is 0 Å². The fourth-order valence-corrected chi connectivity index (χ4v) is 1.25. The van der Waals surface area contributed by atoms with Crippen molar-refractivity contribution in [3.63, 3.8) is 0 Å². The molecule has 0 saturated carbocycles. The van der Waals surface area contributed by atoms with Gasteiger partial charge < -0.3 is 4.74 Å². The molecule has 0 aliphatic carbocycles. The summed E-state index contributed by atoms with van der Waals surface area (Å²) in [6.45, 7) is 7.33. The Morgan fingerprint density at radius 1 is 1.67 bits per heavy atom. The van der Waals surface area contributed by atoms with Gasteiger partial charge >= 0.3 is 0 Å². The van der Waals surface area contributed by atoms with Crippen molar-refractivity contribution in [3.8, 4) is 0 Å². The molecule has 0 fully saturated rings. The van der Waals surface area contributed by atoms with Crippen LogP contribution in [-0.2, 0) is 4.74 Å². The Labute approximate surface area is 56.7 Å². The van der Waals surface area contributed by atoms with Crippen molar-refractivity contribution < 1.29 is 4.74 Å². The summed E-state index contributed by atoms with van der Waals surface area (Å²) in [7, 11) is 0. The van der Waals surface area contributed by atoms with Crippen LogP contribution in [0.25, 0.3) is 0 Å². The average Bonchev–Trinajstić information content (AvgIpc) is 2.13. The van der Waals surface area contributed by atoms with Crippen molar-refractivity contribution in [2.24, 2.45) is 5.92 Å². The van der Waals surface area contributed by atoms with Gasteiger partial charge in [0.2, 0.25) is 0 Å². The van der Waals surface area contributed by atoms with Crippen LogP contribution in [0.2, 0.25) is 0 Å². The quantitative estimate of drug-likeness (QED) is 0.488. The van der Waals surface area contributed by atoms with E-state index in [2.05, 4.69) is 26.8 Å². The standard InChI is InChI=1S/C8H14O/c1-6(2)8-7(3)4-5-9-8/h4,6,8H,5H2,1-3H3. The van der Waals surface area contributed by atoms with Gasteiger partial charge in [-0.15, -0.1) is 0 Å². The first-order valence-corrected chi connectivity index (χ1v) is 3.50. The molecule has 0 bridgehead atoms. The van der Waals surface area contributed by atoms with E-state index in [1.165, 1.54) is 5.57 Å². The van der Waals surface area contributed by atoms with Gasteiger partial charge in [-0.05, 0) is 18.4 Å². The van der Waals surface area contributed by atoms with Crippen molar-refractivity contribution >= 4 is 0 Å². The van der Waals surface area contributed by atoms with Gasteiger partial charge in [-0.3, -0.25) is 0 Å². The van der Waals surface area contributed by atoms with E-state index in [1.807, 2.05) is 0 Å². The Morgan fingerprint density at radius 3 is 2.56 bits per heavy atom. The lowest BCUT2D eigenvalue weighted by Gasteiger charge is -2.15. The fourth-order valence-electron chi connectivity index (χ4n) is 1.25. The van der Waals surface area contributed by atoms with Gasteiger partial charge in [0, 0.05) is 0 Å². The van der Waals surface area contributed by atoms with Gasteiger partial charge in [0.25, 0.3) is 0 Å². The molecule has 1 nitrogen and oxygen atoms in total. The van der Waals surface area contributed by atoms with Gasteiger partial charge in [0.15, 0.2) is 0 Å².